The molecule has 1 aliphatic rings. The number of rotatable bonds is 4. The number of halogens is 3. The Balaban J connectivity index is 2.08. The summed E-state index contributed by atoms with van der Waals surface area (Å²) in [5, 5.41) is 5.38. The van der Waals surface area contributed by atoms with E-state index < -0.39 is 12.6 Å². The van der Waals surface area contributed by atoms with Crippen LogP contribution in [0.25, 0.3) is 0 Å². The van der Waals surface area contributed by atoms with Crippen molar-refractivity contribution in [3.8, 4) is 0 Å². The molecule has 0 aromatic rings. The molecule has 0 aromatic heterocycles. The molecule has 1 amide bonds. The highest BCUT2D eigenvalue weighted by atomic mass is 19.4. The Morgan fingerprint density at radius 3 is 2.73 bits per heavy atom. The van der Waals surface area contributed by atoms with Gasteiger partial charge in [-0.15, -0.1) is 0 Å². The first kappa shape index (κ1) is 12.3. The van der Waals surface area contributed by atoms with Crippen LogP contribution in [0.3, 0.4) is 0 Å². The summed E-state index contributed by atoms with van der Waals surface area (Å²) in [6.07, 6.45) is -3.90. The summed E-state index contributed by atoms with van der Waals surface area (Å²) in [6.45, 7) is 1.36. The number of carbonyl (C=O) groups is 1. The highest BCUT2D eigenvalue weighted by molar-refractivity contribution is 5.76. The van der Waals surface area contributed by atoms with Crippen LogP contribution >= 0.6 is 0 Å². The van der Waals surface area contributed by atoms with Gasteiger partial charge in [0.25, 0.3) is 0 Å². The average molecular weight is 224 g/mol. The van der Waals surface area contributed by atoms with Crippen molar-refractivity contribution in [3.05, 3.63) is 0 Å². The standard InChI is InChI=1S/C9H15F3N2O/c10-9(11,12)2-4-14-8(15)5-7-1-3-13-6-7/h7,13H,1-6H2,(H,14,15). The number of amides is 1. The molecule has 3 nitrogen and oxygen atoms in total. The number of hydrogen-bond donors (Lipinski definition) is 2. The van der Waals surface area contributed by atoms with Crippen LogP contribution in [0.2, 0.25) is 0 Å². The molecular weight excluding hydrogens is 209 g/mol. The quantitative estimate of drug-likeness (QED) is 0.749. The Kier molecular flexibility index (Phi) is 4.38. The Morgan fingerprint density at radius 2 is 2.20 bits per heavy atom. The Morgan fingerprint density at radius 1 is 1.47 bits per heavy atom. The molecule has 0 saturated carbocycles. The Hall–Kier alpha value is -0.780. The van der Waals surface area contributed by atoms with Gasteiger partial charge < -0.3 is 10.6 Å². The minimum absolute atomic E-state index is 0.274. The second kappa shape index (κ2) is 5.34. The first-order valence-electron chi connectivity index (χ1n) is 5.01. The van der Waals surface area contributed by atoms with Crippen molar-refractivity contribution < 1.29 is 18.0 Å². The lowest BCUT2D eigenvalue weighted by molar-refractivity contribution is -0.135. The molecule has 1 saturated heterocycles. The third kappa shape index (κ3) is 5.61. The predicted molar refractivity (Wildman–Crippen MR) is 49.3 cm³/mol. The SMILES string of the molecule is O=C(CC1CCNC1)NCCC(F)(F)F. The average Bonchev–Trinajstić information content (AvgIpc) is 2.54. The zero-order valence-corrected chi connectivity index (χ0v) is 8.36. The Bertz CT molecular complexity index is 212. The van der Waals surface area contributed by atoms with Crippen molar-refractivity contribution in [2.24, 2.45) is 5.92 Å². The second-order valence-corrected chi connectivity index (χ2v) is 3.78. The molecule has 1 aliphatic heterocycles. The van der Waals surface area contributed by atoms with Gasteiger partial charge in [-0.25, -0.2) is 0 Å². The third-order valence-electron chi connectivity index (χ3n) is 2.37. The van der Waals surface area contributed by atoms with E-state index in [0.717, 1.165) is 19.5 Å². The maximum atomic E-state index is 11.7. The van der Waals surface area contributed by atoms with Crippen LogP contribution in [0.15, 0.2) is 0 Å². The van der Waals surface area contributed by atoms with Crippen molar-refractivity contribution >= 4 is 5.91 Å². The second-order valence-electron chi connectivity index (χ2n) is 3.78. The molecule has 1 rings (SSSR count). The van der Waals surface area contributed by atoms with Gasteiger partial charge in [-0.3, -0.25) is 4.79 Å². The molecular formula is C9H15F3N2O. The molecule has 0 aliphatic carbocycles. The van der Waals surface area contributed by atoms with E-state index in [9.17, 15) is 18.0 Å². The molecule has 1 unspecified atom stereocenters. The molecule has 2 N–H and O–H groups in total. The van der Waals surface area contributed by atoms with E-state index in [4.69, 9.17) is 0 Å². The smallest absolute Gasteiger partial charge is 0.356 e. The summed E-state index contributed by atoms with van der Waals surface area (Å²) in [6, 6.07) is 0. The van der Waals surface area contributed by atoms with Gasteiger partial charge >= 0.3 is 6.18 Å². The van der Waals surface area contributed by atoms with Gasteiger partial charge in [0.2, 0.25) is 5.91 Å². The summed E-state index contributed by atoms with van der Waals surface area (Å²) in [7, 11) is 0. The van der Waals surface area contributed by atoms with Crippen LogP contribution in [-0.2, 0) is 4.79 Å². The summed E-state index contributed by atoms with van der Waals surface area (Å²) in [5.74, 6) is -0.0103. The van der Waals surface area contributed by atoms with Crippen molar-refractivity contribution in [1.82, 2.24) is 10.6 Å². The summed E-state index contributed by atoms with van der Waals surface area (Å²) < 4.78 is 35.2. The van der Waals surface area contributed by atoms with E-state index in [-0.39, 0.29) is 18.4 Å². The monoisotopic (exact) mass is 224 g/mol. The Labute approximate surface area is 86.4 Å². The van der Waals surface area contributed by atoms with Crippen molar-refractivity contribution in [2.75, 3.05) is 19.6 Å². The minimum Gasteiger partial charge on any atom is -0.356 e. The van der Waals surface area contributed by atoms with Gasteiger partial charge in [0.15, 0.2) is 0 Å². The van der Waals surface area contributed by atoms with Crippen molar-refractivity contribution in [3.63, 3.8) is 0 Å². The normalized spacial score (nSPS) is 21.7. The first-order chi connectivity index (χ1) is 6.97. The number of hydrogen-bond acceptors (Lipinski definition) is 2. The molecule has 0 radical (unpaired) electrons. The maximum Gasteiger partial charge on any atom is 0.390 e. The molecule has 0 aromatic carbocycles. The molecule has 6 heteroatoms. The number of carbonyl (C=O) groups excluding carboxylic acids is 1. The zero-order valence-electron chi connectivity index (χ0n) is 8.36. The van der Waals surface area contributed by atoms with Crippen LogP contribution in [0.1, 0.15) is 19.3 Å². The van der Waals surface area contributed by atoms with Gasteiger partial charge in [0.1, 0.15) is 0 Å². The molecule has 1 atom stereocenters. The van der Waals surface area contributed by atoms with Crippen molar-refractivity contribution in [1.29, 1.82) is 0 Å². The fraction of sp³-hybridized carbons (Fsp3) is 0.889. The highest BCUT2D eigenvalue weighted by Crippen LogP contribution is 2.18. The minimum atomic E-state index is -4.19. The first-order valence-corrected chi connectivity index (χ1v) is 5.01. The van der Waals surface area contributed by atoms with Crippen molar-refractivity contribution in [2.45, 2.75) is 25.4 Å². The topological polar surface area (TPSA) is 41.1 Å². The maximum absolute atomic E-state index is 11.7. The van der Waals surface area contributed by atoms with Crippen LogP contribution in [0.4, 0.5) is 13.2 Å². The molecule has 15 heavy (non-hydrogen) atoms. The van der Waals surface area contributed by atoms with E-state index in [0.29, 0.717) is 6.42 Å². The molecule has 88 valence electrons. The highest BCUT2D eigenvalue weighted by Gasteiger charge is 2.26. The van der Waals surface area contributed by atoms with Gasteiger partial charge in [-0.1, -0.05) is 0 Å². The third-order valence-corrected chi connectivity index (χ3v) is 2.37. The van der Waals surface area contributed by atoms with E-state index in [1.54, 1.807) is 0 Å². The van der Waals surface area contributed by atoms with Gasteiger partial charge in [-0.05, 0) is 25.4 Å². The fourth-order valence-electron chi connectivity index (χ4n) is 1.57. The fourth-order valence-corrected chi connectivity index (χ4v) is 1.57. The molecule has 0 bridgehead atoms. The summed E-state index contributed by atoms with van der Waals surface area (Å²) >= 11 is 0. The van der Waals surface area contributed by atoms with Gasteiger partial charge in [0, 0.05) is 13.0 Å². The van der Waals surface area contributed by atoms with Gasteiger partial charge in [0.05, 0.1) is 6.42 Å². The van der Waals surface area contributed by atoms with Crippen LogP contribution in [0.5, 0.6) is 0 Å². The largest absolute Gasteiger partial charge is 0.390 e. The lowest BCUT2D eigenvalue weighted by Gasteiger charge is -2.10. The molecule has 1 fully saturated rings. The van der Waals surface area contributed by atoms with Gasteiger partial charge in [-0.2, -0.15) is 13.2 Å². The summed E-state index contributed by atoms with van der Waals surface area (Å²) in [5.41, 5.74) is 0. The summed E-state index contributed by atoms with van der Waals surface area (Å²) in [4.78, 5) is 11.2. The lowest BCUT2D eigenvalue weighted by Crippen LogP contribution is -2.29. The zero-order chi connectivity index (χ0) is 11.3. The number of alkyl halides is 3. The molecule has 1 heterocycles. The van der Waals surface area contributed by atoms with Crippen LogP contribution < -0.4 is 10.6 Å². The van der Waals surface area contributed by atoms with E-state index in [2.05, 4.69) is 10.6 Å². The van der Waals surface area contributed by atoms with E-state index in [1.807, 2.05) is 0 Å². The van der Waals surface area contributed by atoms with Crippen LogP contribution in [0, 0.1) is 5.92 Å². The molecule has 0 spiro atoms. The van der Waals surface area contributed by atoms with E-state index >= 15 is 0 Å². The van der Waals surface area contributed by atoms with Crippen LogP contribution in [-0.4, -0.2) is 31.7 Å². The number of nitrogens with one attached hydrogen (secondary N) is 2. The lowest BCUT2D eigenvalue weighted by atomic mass is 10.0. The predicted octanol–water partition coefficient (Wildman–Crippen LogP) is 1.05. The van der Waals surface area contributed by atoms with E-state index in [1.165, 1.54) is 0 Å².